The summed E-state index contributed by atoms with van der Waals surface area (Å²) in [7, 11) is 0. The Kier molecular flexibility index (Phi) is 3.83. The molecule has 0 saturated carbocycles. The van der Waals surface area contributed by atoms with E-state index in [2.05, 4.69) is 0 Å². The third-order valence-electron chi connectivity index (χ3n) is 1.47. The lowest BCUT2D eigenvalue weighted by Gasteiger charge is -2.07. The fraction of sp³-hybridized carbons (Fsp3) is 0.111. The van der Waals surface area contributed by atoms with Gasteiger partial charge in [-0.25, -0.2) is 0 Å². The predicted octanol–water partition coefficient (Wildman–Crippen LogP) is 4.59. The van der Waals surface area contributed by atoms with E-state index in [0.29, 0.717) is 5.56 Å². The van der Waals surface area contributed by atoms with Crippen molar-refractivity contribution in [1.29, 1.82) is 0 Å². The summed E-state index contributed by atoms with van der Waals surface area (Å²) in [5.74, 6) is 0. The summed E-state index contributed by atoms with van der Waals surface area (Å²) in [6, 6.07) is 8.06. The molecule has 0 heterocycles. The molecule has 0 saturated heterocycles. The lowest BCUT2D eigenvalue weighted by atomic mass is 10.2. The van der Waals surface area contributed by atoms with E-state index in [9.17, 15) is 13.2 Å². The summed E-state index contributed by atoms with van der Waals surface area (Å²) in [5, 5.41) is -0.265. The Bertz CT molecular complexity index is 343. The number of hydrogen-bond acceptors (Lipinski definition) is 0. The van der Waals surface area contributed by atoms with Gasteiger partial charge in [-0.1, -0.05) is 41.9 Å². The van der Waals surface area contributed by atoms with Crippen LogP contribution in [0.25, 0.3) is 5.03 Å². The van der Waals surface area contributed by atoms with Crippen molar-refractivity contribution in [3.05, 3.63) is 39.5 Å². The molecule has 1 aromatic rings. The molecular weight excluding hydrogens is 327 g/mol. The van der Waals surface area contributed by atoms with Crippen LogP contribution >= 0.6 is 34.2 Å². The van der Waals surface area contributed by atoms with Gasteiger partial charge in [0.05, 0.1) is 5.03 Å². The smallest absolute Gasteiger partial charge is 0.166 e. The van der Waals surface area contributed by atoms with Crippen molar-refractivity contribution in [2.45, 2.75) is 6.18 Å². The summed E-state index contributed by atoms with van der Waals surface area (Å²) < 4.78 is 35.9. The first-order chi connectivity index (χ1) is 6.43. The summed E-state index contributed by atoms with van der Waals surface area (Å²) in [4.78, 5) is 0. The second-order valence-corrected chi connectivity index (χ2v) is 3.95. The van der Waals surface area contributed by atoms with E-state index in [1.807, 2.05) is 0 Å². The highest BCUT2D eigenvalue weighted by Crippen LogP contribution is 2.38. The average Bonchev–Trinajstić information content (AvgIpc) is 2.15. The van der Waals surface area contributed by atoms with E-state index in [4.69, 9.17) is 11.6 Å². The molecule has 0 nitrogen and oxygen atoms in total. The second-order valence-electron chi connectivity index (χ2n) is 2.49. The number of rotatable bonds is 1. The Labute approximate surface area is 97.9 Å². The molecule has 0 atom stereocenters. The first-order valence-corrected chi connectivity index (χ1v) is 5.06. The zero-order valence-corrected chi connectivity index (χ0v) is 9.69. The summed E-state index contributed by atoms with van der Waals surface area (Å²) in [5.41, 5.74) is 0.371. The molecule has 1 aromatic carbocycles. The van der Waals surface area contributed by atoms with Crippen molar-refractivity contribution < 1.29 is 13.2 Å². The maximum Gasteiger partial charge on any atom is 0.423 e. The van der Waals surface area contributed by atoms with Crippen LogP contribution in [0, 0.1) is 0 Å². The Hall–Kier alpha value is -0.230. The molecule has 76 valence electrons. The molecule has 0 aliphatic heterocycles. The zero-order chi connectivity index (χ0) is 10.8. The topological polar surface area (TPSA) is 0 Å². The minimum Gasteiger partial charge on any atom is -0.166 e. The van der Waals surface area contributed by atoms with Crippen LogP contribution in [-0.2, 0) is 0 Å². The highest BCUT2D eigenvalue weighted by atomic mass is 127. The molecule has 0 radical (unpaired) electrons. The molecule has 0 aliphatic carbocycles. The van der Waals surface area contributed by atoms with Gasteiger partial charge < -0.3 is 0 Å². The van der Waals surface area contributed by atoms with Crippen LogP contribution < -0.4 is 0 Å². The van der Waals surface area contributed by atoms with E-state index < -0.39 is 9.76 Å². The van der Waals surface area contributed by atoms with Crippen molar-refractivity contribution in [3.8, 4) is 0 Å². The molecule has 0 unspecified atom stereocenters. The number of allylic oxidation sites excluding steroid dienone is 1. The molecule has 0 bridgehead atoms. The van der Waals surface area contributed by atoms with Crippen LogP contribution in [0.1, 0.15) is 5.56 Å². The number of alkyl halides is 3. The molecule has 0 fully saturated rings. The lowest BCUT2D eigenvalue weighted by molar-refractivity contribution is -0.0810. The van der Waals surface area contributed by atoms with Gasteiger partial charge in [-0.2, -0.15) is 13.2 Å². The van der Waals surface area contributed by atoms with Crippen LogP contribution in [-0.4, -0.2) is 6.18 Å². The maximum absolute atomic E-state index is 12.2. The third kappa shape index (κ3) is 2.88. The molecule has 0 aromatic heterocycles. The van der Waals surface area contributed by atoms with E-state index in [1.54, 1.807) is 18.2 Å². The Morgan fingerprint density at radius 1 is 1.14 bits per heavy atom. The van der Waals surface area contributed by atoms with Crippen LogP contribution in [0.2, 0.25) is 0 Å². The van der Waals surface area contributed by atoms with Crippen LogP contribution in [0.3, 0.4) is 0 Å². The van der Waals surface area contributed by atoms with Crippen molar-refractivity contribution in [1.82, 2.24) is 0 Å². The molecule has 0 spiro atoms. The first-order valence-electron chi connectivity index (χ1n) is 3.61. The molecule has 0 N–H and O–H groups in total. The van der Waals surface area contributed by atoms with Crippen LogP contribution in [0.15, 0.2) is 33.9 Å². The van der Waals surface area contributed by atoms with Gasteiger partial charge in [0.1, 0.15) is 3.58 Å². The monoisotopic (exact) mass is 332 g/mol. The number of benzene rings is 1. The molecule has 5 heteroatoms. The summed E-state index contributed by atoms with van der Waals surface area (Å²) >= 11 is 6.79. The van der Waals surface area contributed by atoms with Crippen LogP contribution in [0.5, 0.6) is 0 Å². The number of hydrogen-bond donors (Lipinski definition) is 0. The zero-order valence-electron chi connectivity index (χ0n) is 6.78. The lowest BCUT2D eigenvalue weighted by Crippen LogP contribution is -2.07. The molecular formula is C9H5ClF3I. The standard InChI is InChI=1S/C9H5ClF3I/c10-7(8(14)9(11,12)13)6-4-2-1-3-5-6/h1-5H/b8-7+. The fourth-order valence-corrected chi connectivity index (χ4v) is 1.38. The minimum atomic E-state index is -4.38. The summed E-state index contributed by atoms with van der Waals surface area (Å²) in [6.45, 7) is 0. The van der Waals surface area contributed by atoms with Crippen molar-refractivity contribution in [3.63, 3.8) is 0 Å². The first kappa shape index (κ1) is 11.8. The van der Waals surface area contributed by atoms with E-state index in [1.165, 1.54) is 34.7 Å². The van der Waals surface area contributed by atoms with Crippen LogP contribution in [0.4, 0.5) is 13.2 Å². The number of halogens is 5. The third-order valence-corrected chi connectivity index (χ3v) is 3.35. The minimum absolute atomic E-state index is 0.265. The highest BCUT2D eigenvalue weighted by Gasteiger charge is 2.34. The average molecular weight is 332 g/mol. The van der Waals surface area contributed by atoms with Gasteiger partial charge in [0, 0.05) is 0 Å². The van der Waals surface area contributed by atoms with Gasteiger partial charge in [0.15, 0.2) is 0 Å². The fourth-order valence-electron chi connectivity index (χ4n) is 0.836. The molecule has 1 rings (SSSR count). The predicted molar refractivity (Wildman–Crippen MR) is 59.3 cm³/mol. The van der Waals surface area contributed by atoms with Crippen molar-refractivity contribution in [2.75, 3.05) is 0 Å². The van der Waals surface area contributed by atoms with Gasteiger partial charge in [-0.05, 0) is 28.2 Å². The van der Waals surface area contributed by atoms with Gasteiger partial charge in [-0.3, -0.25) is 0 Å². The SMILES string of the molecule is FC(F)(F)/C(I)=C(\Cl)c1ccccc1. The van der Waals surface area contributed by atoms with Crippen molar-refractivity contribution in [2.24, 2.45) is 0 Å². The molecule has 0 amide bonds. The quantitative estimate of drug-likeness (QED) is 0.660. The van der Waals surface area contributed by atoms with Gasteiger partial charge in [0.2, 0.25) is 0 Å². The normalized spacial score (nSPS) is 13.8. The van der Waals surface area contributed by atoms with Gasteiger partial charge >= 0.3 is 6.18 Å². The van der Waals surface area contributed by atoms with E-state index in [-0.39, 0.29) is 5.03 Å². The van der Waals surface area contributed by atoms with E-state index >= 15 is 0 Å². The highest BCUT2D eigenvalue weighted by molar-refractivity contribution is 14.1. The largest absolute Gasteiger partial charge is 0.423 e. The Morgan fingerprint density at radius 3 is 2.07 bits per heavy atom. The van der Waals surface area contributed by atoms with Crippen molar-refractivity contribution >= 4 is 39.2 Å². The Balaban J connectivity index is 3.12. The van der Waals surface area contributed by atoms with E-state index in [0.717, 1.165) is 0 Å². The summed E-state index contributed by atoms with van der Waals surface area (Å²) in [6.07, 6.45) is -4.38. The maximum atomic E-state index is 12.2. The van der Waals surface area contributed by atoms with Gasteiger partial charge in [0.25, 0.3) is 0 Å². The van der Waals surface area contributed by atoms with Gasteiger partial charge in [-0.15, -0.1) is 0 Å². The second kappa shape index (κ2) is 4.53. The molecule has 14 heavy (non-hydrogen) atoms. The Morgan fingerprint density at radius 2 is 1.64 bits per heavy atom. The molecule has 0 aliphatic rings.